The predicted octanol–water partition coefficient (Wildman–Crippen LogP) is 3.74. The smallest absolute Gasteiger partial charge is 0.253 e. The fraction of sp³-hybridized carbons (Fsp3) is 0.385. The summed E-state index contributed by atoms with van der Waals surface area (Å²) in [6, 6.07) is 11.7. The van der Waals surface area contributed by atoms with Gasteiger partial charge in [0.05, 0.1) is 12.1 Å². The van der Waals surface area contributed by atoms with Crippen LogP contribution < -0.4 is 15.0 Å². The highest BCUT2D eigenvalue weighted by molar-refractivity contribution is 5.83. The highest BCUT2D eigenvalue weighted by atomic mass is 16.7. The first-order chi connectivity index (χ1) is 15.8. The Labute approximate surface area is 193 Å². The molecule has 1 N–H and O–H groups in total. The van der Waals surface area contributed by atoms with Crippen molar-refractivity contribution in [1.82, 2.24) is 14.8 Å². The number of pyridine rings is 1. The lowest BCUT2D eigenvalue weighted by atomic mass is 10.0. The molecule has 2 aromatic carbocycles. The number of hydrogen-bond acceptors (Lipinski definition) is 5. The van der Waals surface area contributed by atoms with E-state index in [9.17, 15) is 9.59 Å². The molecular weight excluding hydrogens is 418 g/mol. The summed E-state index contributed by atoms with van der Waals surface area (Å²) in [4.78, 5) is 32.9. The van der Waals surface area contributed by atoms with Gasteiger partial charge in [0, 0.05) is 18.5 Å². The highest BCUT2D eigenvalue weighted by Crippen LogP contribution is 2.33. The first-order valence-electron chi connectivity index (χ1n) is 11.2. The Morgan fingerprint density at radius 1 is 1.03 bits per heavy atom. The van der Waals surface area contributed by atoms with E-state index in [1.165, 1.54) is 0 Å². The van der Waals surface area contributed by atoms with E-state index in [0.717, 1.165) is 40.6 Å². The third-order valence-corrected chi connectivity index (χ3v) is 5.89. The Morgan fingerprint density at radius 2 is 1.82 bits per heavy atom. The second-order valence-corrected chi connectivity index (χ2v) is 9.01. The van der Waals surface area contributed by atoms with E-state index in [-0.39, 0.29) is 24.8 Å². The molecule has 7 nitrogen and oxygen atoms in total. The number of aromatic nitrogens is 1. The van der Waals surface area contributed by atoms with Crippen molar-refractivity contribution in [2.45, 2.75) is 39.8 Å². The second-order valence-electron chi connectivity index (χ2n) is 9.01. The minimum atomic E-state index is -0.161. The number of amides is 1. The molecule has 33 heavy (non-hydrogen) atoms. The molecule has 1 aromatic heterocycles. The molecule has 3 aromatic rings. The molecule has 0 saturated carbocycles. The van der Waals surface area contributed by atoms with Gasteiger partial charge in [0.1, 0.15) is 0 Å². The zero-order chi connectivity index (χ0) is 23.5. The number of carbonyl (C=O) groups excluding carboxylic acids is 1. The molecular formula is C26H31N3O4. The van der Waals surface area contributed by atoms with Crippen LogP contribution in [0.25, 0.3) is 10.9 Å². The maximum atomic E-state index is 13.2. The van der Waals surface area contributed by atoms with Crippen LogP contribution in [0.3, 0.4) is 0 Å². The van der Waals surface area contributed by atoms with Crippen LogP contribution in [0.2, 0.25) is 0 Å². The van der Waals surface area contributed by atoms with Gasteiger partial charge in [-0.25, -0.2) is 0 Å². The molecule has 0 bridgehead atoms. The van der Waals surface area contributed by atoms with Crippen molar-refractivity contribution in [3.05, 3.63) is 69.0 Å². The molecule has 2 heterocycles. The Morgan fingerprint density at radius 3 is 2.61 bits per heavy atom. The van der Waals surface area contributed by atoms with Gasteiger partial charge in [-0.3, -0.25) is 9.59 Å². The fourth-order valence-corrected chi connectivity index (χ4v) is 4.25. The Balaban J connectivity index is 1.62. The normalized spacial score (nSPS) is 12.5. The van der Waals surface area contributed by atoms with E-state index in [1.807, 2.05) is 52.2 Å². The number of carbonyl (C=O) groups is 1. The topological polar surface area (TPSA) is 74.9 Å². The summed E-state index contributed by atoms with van der Waals surface area (Å²) in [6.07, 6.45) is 1.18. The maximum Gasteiger partial charge on any atom is 0.253 e. The Kier molecular flexibility index (Phi) is 6.70. The quantitative estimate of drug-likeness (QED) is 0.567. The highest BCUT2D eigenvalue weighted by Gasteiger charge is 2.19. The van der Waals surface area contributed by atoms with Crippen molar-refractivity contribution < 1.29 is 14.3 Å². The van der Waals surface area contributed by atoms with Crippen molar-refractivity contribution in [1.29, 1.82) is 0 Å². The molecule has 0 radical (unpaired) electrons. The largest absolute Gasteiger partial charge is 0.454 e. The maximum absolute atomic E-state index is 13.2. The zero-order valence-corrected chi connectivity index (χ0v) is 19.7. The average molecular weight is 450 g/mol. The monoisotopic (exact) mass is 449 g/mol. The van der Waals surface area contributed by atoms with Crippen LogP contribution in [0.5, 0.6) is 11.5 Å². The summed E-state index contributed by atoms with van der Waals surface area (Å²) in [5, 5.41) is 0.977. The predicted molar refractivity (Wildman–Crippen MR) is 129 cm³/mol. The van der Waals surface area contributed by atoms with Crippen molar-refractivity contribution in [3.8, 4) is 11.5 Å². The molecule has 1 aliphatic heterocycles. The number of rotatable bonds is 8. The van der Waals surface area contributed by atoms with E-state index in [2.05, 4.69) is 22.0 Å². The number of ether oxygens (including phenoxy) is 2. The number of aromatic amines is 1. The number of hydrogen-bond donors (Lipinski definition) is 1. The molecule has 1 aliphatic rings. The summed E-state index contributed by atoms with van der Waals surface area (Å²) in [6.45, 7) is 5.70. The summed E-state index contributed by atoms with van der Waals surface area (Å²) < 4.78 is 10.9. The number of aryl methyl sites for hydroxylation is 2. The number of fused-ring (bicyclic) bond motifs is 2. The molecule has 0 fully saturated rings. The second kappa shape index (κ2) is 9.67. The SMILES string of the molecule is Cc1cc(C)c2[nH]c(=O)c(CN(Cc3ccc4c(c3)OCO4)C(=O)CCCN(C)C)cc2c1. The number of nitrogens with one attached hydrogen (secondary N) is 1. The van der Waals surface area contributed by atoms with E-state index in [4.69, 9.17) is 9.47 Å². The van der Waals surface area contributed by atoms with Gasteiger partial charge in [-0.15, -0.1) is 0 Å². The van der Waals surface area contributed by atoms with Gasteiger partial charge in [0.2, 0.25) is 12.7 Å². The van der Waals surface area contributed by atoms with Gasteiger partial charge in [-0.1, -0.05) is 17.7 Å². The number of H-pyrrole nitrogens is 1. The van der Waals surface area contributed by atoms with Crippen LogP contribution in [0, 0.1) is 13.8 Å². The fourth-order valence-electron chi connectivity index (χ4n) is 4.25. The molecule has 4 rings (SSSR count). The Hall–Kier alpha value is -3.32. The van der Waals surface area contributed by atoms with Gasteiger partial charge in [-0.2, -0.15) is 0 Å². The van der Waals surface area contributed by atoms with Crippen LogP contribution in [-0.4, -0.2) is 48.1 Å². The molecule has 7 heteroatoms. The van der Waals surface area contributed by atoms with Crippen LogP contribution in [0.4, 0.5) is 0 Å². The lowest BCUT2D eigenvalue weighted by Crippen LogP contribution is -2.33. The van der Waals surface area contributed by atoms with E-state index in [0.29, 0.717) is 30.0 Å². The zero-order valence-electron chi connectivity index (χ0n) is 19.7. The first-order valence-corrected chi connectivity index (χ1v) is 11.2. The van der Waals surface area contributed by atoms with Gasteiger partial charge < -0.3 is 24.3 Å². The van der Waals surface area contributed by atoms with E-state index >= 15 is 0 Å². The van der Waals surface area contributed by atoms with Gasteiger partial charge in [-0.05, 0) is 81.7 Å². The van der Waals surface area contributed by atoms with E-state index in [1.54, 1.807) is 4.90 Å². The lowest BCUT2D eigenvalue weighted by molar-refractivity contribution is -0.132. The van der Waals surface area contributed by atoms with Crippen molar-refractivity contribution in [2.75, 3.05) is 27.4 Å². The summed E-state index contributed by atoms with van der Waals surface area (Å²) in [5.41, 5.74) is 4.36. The molecule has 0 aliphatic carbocycles. The molecule has 0 saturated heterocycles. The molecule has 0 atom stereocenters. The summed E-state index contributed by atoms with van der Waals surface area (Å²) >= 11 is 0. The van der Waals surface area contributed by atoms with Gasteiger partial charge in [0.15, 0.2) is 11.5 Å². The van der Waals surface area contributed by atoms with Crippen molar-refractivity contribution in [2.24, 2.45) is 0 Å². The van der Waals surface area contributed by atoms with E-state index < -0.39 is 0 Å². The van der Waals surface area contributed by atoms with Crippen LogP contribution >= 0.6 is 0 Å². The summed E-state index contributed by atoms with van der Waals surface area (Å²) in [7, 11) is 3.99. The Bertz CT molecular complexity index is 1230. The minimum Gasteiger partial charge on any atom is -0.454 e. The number of nitrogens with zero attached hydrogens (tertiary/aromatic N) is 2. The lowest BCUT2D eigenvalue weighted by Gasteiger charge is -2.23. The summed E-state index contributed by atoms with van der Waals surface area (Å²) in [5.74, 6) is 1.41. The standard InChI is InChI=1S/C26H31N3O4/c1-17-10-18(2)25-20(11-17)13-21(26(31)27-25)15-29(24(30)6-5-9-28(3)4)14-19-7-8-22-23(12-19)33-16-32-22/h7-8,10-13H,5-6,9,14-16H2,1-4H3,(H,27,31). The third-order valence-electron chi connectivity index (χ3n) is 5.89. The van der Waals surface area contributed by atoms with Gasteiger partial charge >= 0.3 is 0 Å². The van der Waals surface area contributed by atoms with Crippen LogP contribution in [0.15, 0.2) is 41.2 Å². The van der Waals surface area contributed by atoms with Gasteiger partial charge in [0.25, 0.3) is 5.56 Å². The number of benzene rings is 2. The van der Waals surface area contributed by atoms with Crippen molar-refractivity contribution >= 4 is 16.8 Å². The molecule has 1 amide bonds. The average Bonchev–Trinajstić information content (AvgIpc) is 3.22. The van der Waals surface area contributed by atoms with Crippen LogP contribution in [0.1, 0.15) is 35.1 Å². The molecule has 0 spiro atoms. The van der Waals surface area contributed by atoms with Crippen molar-refractivity contribution in [3.63, 3.8) is 0 Å². The minimum absolute atomic E-state index is 0.0226. The molecule has 174 valence electrons. The first kappa shape index (κ1) is 22.9. The molecule has 0 unspecified atom stereocenters. The van der Waals surface area contributed by atoms with Crippen LogP contribution in [-0.2, 0) is 17.9 Å². The third kappa shape index (κ3) is 5.37.